The summed E-state index contributed by atoms with van der Waals surface area (Å²) in [5.41, 5.74) is 1.13. The highest BCUT2D eigenvalue weighted by Gasteiger charge is 2.34. The van der Waals surface area contributed by atoms with Crippen molar-refractivity contribution in [3.8, 4) is 0 Å². The number of anilines is 1. The number of fused-ring (bicyclic) bond motifs is 1. The molecule has 3 aromatic carbocycles. The molecule has 0 radical (unpaired) electrons. The molecule has 0 bridgehead atoms. The Hall–Kier alpha value is -3.18. The van der Waals surface area contributed by atoms with Gasteiger partial charge in [0.15, 0.2) is 6.10 Å². The van der Waals surface area contributed by atoms with Gasteiger partial charge in [-0.25, -0.2) is 4.79 Å². The summed E-state index contributed by atoms with van der Waals surface area (Å²) < 4.78 is 4.90. The molecular formula is C22H21NO4. The minimum atomic E-state index is -1.59. The quantitative estimate of drug-likeness (QED) is 0.658. The predicted octanol–water partition coefficient (Wildman–Crippen LogP) is 3.49. The number of ether oxygens (including phenoxy) is 1. The first-order valence-corrected chi connectivity index (χ1v) is 8.79. The third kappa shape index (κ3) is 4.33. The lowest BCUT2D eigenvalue weighted by atomic mass is 9.92. The van der Waals surface area contributed by atoms with E-state index in [9.17, 15) is 14.7 Å². The van der Waals surface area contributed by atoms with Gasteiger partial charge >= 0.3 is 5.97 Å². The number of amides is 1. The van der Waals surface area contributed by atoms with Gasteiger partial charge in [0.1, 0.15) is 5.92 Å². The Kier molecular flexibility index (Phi) is 5.84. The fraction of sp³-hybridized carbons (Fsp3) is 0.182. The summed E-state index contributed by atoms with van der Waals surface area (Å²) in [7, 11) is 0. The van der Waals surface area contributed by atoms with Gasteiger partial charge in [0.25, 0.3) is 0 Å². The standard InChI is InChI=1S/C22H21NO4/c1-2-27-22(26)20(24)19(16-9-4-3-5-10-16)21(25)23-18-13-12-15-8-6-7-11-17(15)14-18/h3-14,19-20,24H,2H2,1H3,(H,23,25)/t19-,20-/m0/s1. The fourth-order valence-electron chi connectivity index (χ4n) is 2.99. The van der Waals surface area contributed by atoms with Crippen LogP contribution in [-0.4, -0.2) is 29.7 Å². The van der Waals surface area contributed by atoms with E-state index in [1.807, 2.05) is 36.4 Å². The van der Waals surface area contributed by atoms with Gasteiger partial charge in [-0.15, -0.1) is 0 Å². The Bertz CT molecular complexity index is 939. The molecular weight excluding hydrogens is 342 g/mol. The zero-order valence-corrected chi connectivity index (χ0v) is 15.0. The first-order chi connectivity index (χ1) is 13.1. The van der Waals surface area contributed by atoms with Gasteiger partial charge in [-0.2, -0.15) is 0 Å². The fourth-order valence-corrected chi connectivity index (χ4v) is 2.99. The van der Waals surface area contributed by atoms with E-state index in [1.165, 1.54) is 0 Å². The van der Waals surface area contributed by atoms with Crippen molar-refractivity contribution < 1.29 is 19.4 Å². The summed E-state index contributed by atoms with van der Waals surface area (Å²) in [4.78, 5) is 25.0. The number of hydrogen-bond donors (Lipinski definition) is 2. The number of benzene rings is 3. The van der Waals surface area contributed by atoms with Crippen LogP contribution in [0.5, 0.6) is 0 Å². The molecule has 5 nitrogen and oxygen atoms in total. The van der Waals surface area contributed by atoms with Crippen LogP contribution < -0.4 is 5.32 Å². The molecule has 138 valence electrons. The molecule has 3 rings (SSSR count). The third-order valence-corrected chi connectivity index (χ3v) is 4.30. The van der Waals surface area contributed by atoms with Crippen LogP contribution in [-0.2, 0) is 14.3 Å². The number of aliphatic hydroxyl groups excluding tert-OH is 1. The van der Waals surface area contributed by atoms with Gasteiger partial charge in [-0.1, -0.05) is 60.7 Å². The number of aliphatic hydroxyl groups is 1. The van der Waals surface area contributed by atoms with Gasteiger partial charge in [0.2, 0.25) is 5.91 Å². The van der Waals surface area contributed by atoms with Crippen LogP contribution in [0.3, 0.4) is 0 Å². The van der Waals surface area contributed by atoms with Crippen molar-refractivity contribution >= 4 is 28.3 Å². The summed E-state index contributed by atoms with van der Waals surface area (Å²) in [6.45, 7) is 1.78. The number of nitrogens with one attached hydrogen (secondary N) is 1. The number of esters is 1. The Labute approximate surface area is 157 Å². The third-order valence-electron chi connectivity index (χ3n) is 4.30. The van der Waals surface area contributed by atoms with Crippen LogP contribution in [0.4, 0.5) is 5.69 Å². The van der Waals surface area contributed by atoms with E-state index in [0.29, 0.717) is 11.3 Å². The number of carbonyl (C=O) groups excluding carboxylic acids is 2. The smallest absolute Gasteiger partial charge is 0.336 e. The van der Waals surface area contributed by atoms with E-state index in [1.54, 1.807) is 43.3 Å². The second-order valence-electron chi connectivity index (χ2n) is 6.14. The van der Waals surface area contributed by atoms with E-state index < -0.39 is 23.9 Å². The van der Waals surface area contributed by atoms with E-state index in [2.05, 4.69) is 5.32 Å². The highest BCUT2D eigenvalue weighted by Crippen LogP contribution is 2.25. The molecule has 1 amide bonds. The molecule has 0 aliphatic heterocycles. The van der Waals surface area contributed by atoms with E-state index >= 15 is 0 Å². The SMILES string of the molecule is CCOC(=O)[C@@H](O)[C@@H](C(=O)Nc1ccc2ccccc2c1)c1ccccc1. The summed E-state index contributed by atoms with van der Waals surface area (Å²) in [5, 5.41) is 15.3. The lowest BCUT2D eigenvalue weighted by Crippen LogP contribution is -2.37. The van der Waals surface area contributed by atoms with Gasteiger partial charge in [-0.05, 0) is 35.4 Å². The van der Waals surface area contributed by atoms with Gasteiger partial charge in [0, 0.05) is 5.69 Å². The molecule has 27 heavy (non-hydrogen) atoms. The van der Waals surface area contributed by atoms with Crippen molar-refractivity contribution in [3.63, 3.8) is 0 Å². The van der Waals surface area contributed by atoms with Crippen molar-refractivity contribution in [2.45, 2.75) is 18.9 Å². The summed E-state index contributed by atoms with van der Waals surface area (Å²) >= 11 is 0. The summed E-state index contributed by atoms with van der Waals surface area (Å²) in [6.07, 6.45) is -1.59. The molecule has 0 heterocycles. The number of hydrogen-bond acceptors (Lipinski definition) is 4. The van der Waals surface area contributed by atoms with Crippen LogP contribution >= 0.6 is 0 Å². The zero-order valence-electron chi connectivity index (χ0n) is 15.0. The molecule has 0 saturated carbocycles. The van der Waals surface area contributed by atoms with E-state index in [4.69, 9.17) is 4.74 Å². The summed E-state index contributed by atoms with van der Waals surface area (Å²) in [5.74, 6) is -2.37. The van der Waals surface area contributed by atoms with Gasteiger partial charge in [0.05, 0.1) is 6.61 Å². The molecule has 0 aromatic heterocycles. The minimum Gasteiger partial charge on any atom is -0.464 e. The first-order valence-electron chi connectivity index (χ1n) is 8.79. The van der Waals surface area contributed by atoms with Crippen LogP contribution in [0.2, 0.25) is 0 Å². The topological polar surface area (TPSA) is 75.6 Å². The van der Waals surface area contributed by atoms with Crippen molar-refractivity contribution in [3.05, 3.63) is 78.4 Å². The molecule has 0 saturated heterocycles. The Morgan fingerprint density at radius 1 is 0.963 bits per heavy atom. The monoisotopic (exact) mass is 363 g/mol. The maximum atomic E-state index is 12.9. The second-order valence-corrected chi connectivity index (χ2v) is 6.14. The highest BCUT2D eigenvalue weighted by molar-refractivity contribution is 6.00. The minimum absolute atomic E-state index is 0.129. The molecule has 2 N–H and O–H groups in total. The van der Waals surface area contributed by atoms with Crippen LogP contribution in [0.1, 0.15) is 18.4 Å². The molecule has 3 aromatic rings. The average molecular weight is 363 g/mol. The lowest BCUT2D eigenvalue weighted by molar-refractivity contribution is -0.155. The normalized spacial score (nSPS) is 13.0. The van der Waals surface area contributed by atoms with Crippen LogP contribution in [0.15, 0.2) is 72.8 Å². The number of carbonyl (C=O) groups is 2. The molecule has 0 unspecified atom stereocenters. The highest BCUT2D eigenvalue weighted by atomic mass is 16.5. The van der Waals surface area contributed by atoms with Crippen LogP contribution in [0.25, 0.3) is 10.8 Å². The predicted molar refractivity (Wildman–Crippen MR) is 104 cm³/mol. The largest absolute Gasteiger partial charge is 0.464 e. The molecule has 2 atom stereocenters. The first kappa shape index (κ1) is 18.6. The Morgan fingerprint density at radius 2 is 1.63 bits per heavy atom. The maximum absolute atomic E-state index is 12.9. The van der Waals surface area contributed by atoms with Gasteiger partial charge in [-0.3, -0.25) is 4.79 Å². The summed E-state index contributed by atoms with van der Waals surface area (Å²) in [6, 6.07) is 22.1. The van der Waals surface area contributed by atoms with Crippen molar-refractivity contribution in [2.75, 3.05) is 11.9 Å². The van der Waals surface area contributed by atoms with Crippen molar-refractivity contribution in [2.24, 2.45) is 0 Å². The average Bonchev–Trinajstić information content (AvgIpc) is 2.69. The van der Waals surface area contributed by atoms with Crippen molar-refractivity contribution in [1.29, 1.82) is 0 Å². The second kappa shape index (κ2) is 8.47. The lowest BCUT2D eigenvalue weighted by Gasteiger charge is -2.21. The van der Waals surface area contributed by atoms with Crippen molar-refractivity contribution in [1.82, 2.24) is 0 Å². The van der Waals surface area contributed by atoms with Gasteiger partial charge < -0.3 is 15.2 Å². The molecule has 0 aliphatic carbocycles. The van der Waals surface area contributed by atoms with E-state index in [-0.39, 0.29) is 6.61 Å². The maximum Gasteiger partial charge on any atom is 0.336 e. The Balaban J connectivity index is 1.88. The Morgan fingerprint density at radius 3 is 2.33 bits per heavy atom. The number of rotatable bonds is 6. The van der Waals surface area contributed by atoms with E-state index in [0.717, 1.165) is 10.8 Å². The molecule has 0 aliphatic rings. The molecule has 0 fully saturated rings. The zero-order chi connectivity index (χ0) is 19.2. The molecule has 0 spiro atoms. The van der Waals surface area contributed by atoms with Crippen LogP contribution in [0, 0.1) is 0 Å². The molecule has 5 heteroatoms.